The van der Waals surface area contributed by atoms with Crippen molar-refractivity contribution < 1.29 is 32.9 Å². The molecule has 0 fully saturated rings. The highest BCUT2D eigenvalue weighted by Gasteiger charge is 2.31. The molecule has 158 valence electrons. The summed E-state index contributed by atoms with van der Waals surface area (Å²) < 4.78 is 41.5. The van der Waals surface area contributed by atoms with Gasteiger partial charge in [0.25, 0.3) is 0 Å². The molecule has 11 heteroatoms. The third-order valence-electron chi connectivity index (χ3n) is 3.54. The molecular weight excluding hydrogens is 415 g/mol. The van der Waals surface area contributed by atoms with Gasteiger partial charge in [0, 0.05) is 47.4 Å². The number of ether oxygens (including phenoxy) is 1. The molecule has 0 atom stereocenters. The first kappa shape index (κ1) is 22.6. The highest BCUT2D eigenvalue weighted by Crippen LogP contribution is 2.29. The maximum atomic E-state index is 12.5. The first-order valence-electron chi connectivity index (χ1n) is 8.43. The first-order valence-corrected chi connectivity index (χ1v) is 8.81. The standard InChI is InChI=1S/C18H19ClF3N3O4/c19-12-2-1-11(3-5-26)16(7-12)25-17(28)24-14-8-13(23-4-6-27)9-15(10-14)29-18(20,21)22/h1-2,7-10,23,26-27H,3-6H2,(H2,24,25,28). The van der Waals surface area contributed by atoms with Crippen LogP contribution in [-0.2, 0) is 6.42 Å². The number of hydrogen-bond acceptors (Lipinski definition) is 5. The second kappa shape index (κ2) is 10.2. The molecule has 0 radical (unpaired) electrons. The largest absolute Gasteiger partial charge is 0.573 e. The predicted octanol–water partition coefficient (Wildman–Crippen LogP) is 3.82. The number of anilines is 3. The molecule has 2 aromatic rings. The SMILES string of the molecule is O=C(Nc1cc(NCCO)cc(OC(F)(F)F)c1)Nc1cc(Cl)ccc1CCO. The van der Waals surface area contributed by atoms with E-state index in [1.54, 1.807) is 12.1 Å². The topological polar surface area (TPSA) is 103 Å². The average Bonchev–Trinajstić information content (AvgIpc) is 2.60. The Kier molecular flexibility index (Phi) is 7.94. The van der Waals surface area contributed by atoms with Crippen molar-refractivity contribution in [3.63, 3.8) is 0 Å². The summed E-state index contributed by atoms with van der Waals surface area (Å²) in [7, 11) is 0. The molecule has 2 rings (SSSR count). The number of aliphatic hydroxyl groups is 2. The molecule has 0 spiro atoms. The summed E-state index contributed by atoms with van der Waals surface area (Å²) in [5.74, 6) is -0.542. The quantitative estimate of drug-likeness (QED) is 0.435. The zero-order valence-corrected chi connectivity index (χ0v) is 15.8. The van der Waals surface area contributed by atoms with Crippen LogP contribution in [0.25, 0.3) is 0 Å². The van der Waals surface area contributed by atoms with Gasteiger partial charge in [0.05, 0.1) is 6.61 Å². The molecule has 0 bridgehead atoms. The number of urea groups is 1. The fourth-order valence-electron chi connectivity index (χ4n) is 2.45. The van der Waals surface area contributed by atoms with Gasteiger partial charge in [0.2, 0.25) is 0 Å². The molecule has 0 aromatic heterocycles. The highest BCUT2D eigenvalue weighted by molar-refractivity contribution is 6.31. The fraction of sp³-hybridized carbons (Fsp3) is 0.278. The first-order chi connectivity index (χ1) is 13.7. The van der Waals surface area contributed by atoms with E-state index < -0.39 is 18.1 Å². The zero-order chi connectivity index (χ0) is 21.4. The van der Waals surface area contributed by atoms with E-state index in [2.05, 4.69) is 20.7 Å². The maximum Gasteiger partial charge on any atom is 0.573 e. The minimum atomic E-state index is -4.91. The van der Waals surface area contributed by atoms with E-state index in [4.69, 9.17) is 21.8 Å². The van der Waals surface area contributed by atoms with Crippen LogP contribution in [0, 0.1) is 0 Å². The Bertz CT molecular complexity index is 850. The number of rotatable bonds is 8. The molecular formula is C18H19ClF3N3O4. The molecule has 2 amide bonds. The van der Waals surface area contributed by atoms with Crippen LogP contribution in [-0.4, -0.2) is 42.4 Å². The summed E-state index contributed by atoms with van der Waals surface area (Å²) in [5, 5.41) is 26.0. The molecule has 0 unspecified atom stereocenters. The molecule has 2 aromatic carbocycles. The van der Waals surface area contributed by atoms with Crippen molar-refractivity contribution in [2.24, 2.45) is 0 Å². The van der Waals surface area contributed by atoms with E-state index in [-0.39, 0.29) is 37.6 Å². The third-order valence-corrected chi connectivity index (χ3v) is 3.78. The Labute approximate surface area is 169 Å². The lowest BCUT2D eigenvalue weighted by atomic mass is 10.1. The van der Waals surface area contributed by atoms with Crippen molar-refractivity contribution in [3.8, 4) is 5.75 Å². The minimum absolute atomic E-state index is 0.0235. The van der Waals surface area contributed by atoms with Crippen molar-refractivity contribution in [3.05, 3.63) is 47.0 Å². The summed E-state index contributed by atoms with van der Waals surface area (Å²) in [6.45, 7) is -0.293. The van der Waals surface area contributed by atoms with E-state index in [1.807, 2.05) is 0 Å². The molecule has 7 nitrogen and oxygen atoms in total. The van der Waals surface area contributed by atoms with Gasteiger partial charge in [-0.15, -0.1) is 13.2 Å². The van der Waals surface area contributed by atoms with Crippen molar-refractivity contribution in [2.75, 3.05) is 35.7 Å². The van der Waals surface area contributed by atoms with E-state index in [0.717, 1.165) is 12.1 Å². The van der Waals surface area contributed by atoms with Crippen molar-refractivity contribution in [1.82, 2.24) is 0 Å². The number of carbonyl (C=O) groups excluding carboxylic acids is 1. The number of carbonyl (C=O) groups is 1. The van der Waals surface area contributed by atoms with Crippen LogP contribution in [0.5, 0.6) is 5.75 Å². The number of halogens is 4. The lowest BCUT2D eigenvalue weighted by Gasteiger charge is -2.15. The van der Waals surface area contributed by atoms with Gasteiger partial charge in [-0.25, -0.2) is 4.79 Å². The molecule has 0 heterocycles. The highest BCUT2D eigenvalue weighted by atomic mass is 35.5. The summed E-state index contributed by atoms with van der Waals surface area (Å²) in [6.07, 6.45) is -4.63. The van der Waals surface area contributed by atoms with Crippen molar-refractivity contribution in [1.29, 1.82) is 0 Å². The second-order valence-corrected chi connectivity index (χ2v) is 6.23. The van der Waals surface area contributed by atoms with Gasteiger partial charge in [0.15, 0.2) is 0 Å². The molecule has 29 heavy (non-hydrogen) atoms. The molecule has 0 aliphatic carbocycles. The number of hydrogen-bond donors (Lipinski definition) is 5. The van der Waals surface area contributed by atoms with E-state index in [0.29, 0.717) is 16.3 Å². The van der Waals surface area contributed by atoms with Gasteiger partial charge in [0.1, 0.15) is 5.75 Å². The summed E-state index contributed by atoms with van der Waals surface area (Å²) in [4.78, 5) is 12.3. The Balaban J connectivity index is 2.20. The molecule has 0 aliphatic rings. The van der Waals surface area contributed by atoms with E-state index in [9.17, 15) is 18.0 Å². The third kappa shape index (κ3) is 7.68. The average molecular weight is 434 g/mol. The minimum Gasteiger partial charge on any atom is -0.406 e. The van der Waals surface area contributed by atoms with Crippen LogP contribution < -0.4 is 20.7 Å². The number of aliphatic hydroxyl groups excluding tert-OH is 2. The van der Waals surface area contributed by atoms with Gasteiger partial charge >= 0.3 is 12.4 Å². The van der Waals surface area contributed by atoms with Crippen LogP contribution in [0.1, 0.15) is 5.56 Å². The monoisotopic (exact) mass is 433 g/mol. The normalized spacial score (nSPS) is 11.1. The predicted molar refractivity (Wildman–Crippen MR) is 104 cm³/mol. The van der Waals surface area contributed by atoms with Crippen LogP contribution in [0.2, 0.25) is 5.02 Å². The Morgan fingerprint density at radius 3 is 2.41 bits per heavy atom. The van der Waals surface area contributed by atoms with Gasteiger partial charge in [-0.1, -0.05) is 17.7 Å². The molecule has 0 aliphatic heterocycles. The van der Waals surface area contributed by atoms with Crippen LogP contribution in [0.15, 0.2) is 36.4 Å². The molecule has 0 saturated heterocycles. The van der Waals surface area contributed by atoms with Crippen molar-refractivity contribution >= 4 is 34.7 Å². The van der Waals surface area contributed by atoms with Crippen LogP contribution in [0.3, 0.4) is 0 Å². The number of benzene rings is 2. The van der Waals surface area contributed by atoms with Crippen molar-refractivity contribution in [2.45, 2.75) is 12.8 Å². The van der Waals surface area contributed by atoms with Gasteiger partial charge < -0.3 is 30.9 Å². The zero-order valence-electron chi connectivity index (χ0n) is 15.0. The summed E-state index contributed by atoms with van der Waals surface area (Å²) >= 11 is 5.93. The van der Waals surface area contributed by atoms with Gasteiger partial charge in [-0.3, -0.25) is 0 Å². The lowest BCUT2D eigenvalue weighted by Crippen LogP contribution is -2.21. The van der Waals surface area contributed by atoms with Crippen LogP contribution in [0.4, 0.5) is 35.0 Å². The summed E-state index contributed by atoms with van der Waals surface area (Å²) in [5.41, 5.74) is 1.21. The number of amides is 2. The fourth-order valence-corrected chi connectivity index (χ4v) is 2.63. The van der Waals surface area contributed by atoms with E-state index >= 15 is 0 Å². The second-order valence-electron chi connectivity index (χ2n) is 5.80. The Hall–Kier alpha value is -2.69. The smallest absolute Gasteiger partial charge is 0.406 e. The van der Waals surface area contributed by atoms with E-state index in [1.165, 1.54) is 12.1 Å². The summed E-state index contributed by atoms with van der Waals surface area (Å²) in [6, 6.07) is 7.47. The Morgan fingerprint density at radius 1 is 1.03 bits per heavy atom. The lowest BCUT2D eigenvalue weighted by molar-refractivity contribution is -0.274. The van der Waals surface area contributed by atoms with Gasteiger partial charge in [-0.2, -0.15) is 0 Å². The van der Waals surface area contributed by atoms with Gasteiger partial charge in [-0.05, 0) is 30.2 Å². The molecule has 5 N–H and O–H groups in total. The molecule has 0 saturated carbocycles. The number of alkyl halides is 3. The number of nitrogens with one attached hydrogen (secondary N) is 3. The Morgan fingerprint density at radius 2 is 1.76 bits per heavy atom. The van der Waals surface area contributed by atoms with Crippen LogP contribution >= 0.6 is 11.6 Å². The maximum absolute atomic E-state index is 12.5.